The highest BCUT2D eigenvalue weighted by Crippen LogP contribution is 2.29. The van der Waals surface area contributed by atoms with Crippen molar-refractivity contribution in [3.63, 3.8) is 0 Å². The smallest absolute Gasteiger partial charge is 0.246 e. The zero-order chi connectivity index (χ0) is 14.8. The van der Waals surface area contributed by atoms with E-state index in [1.807, 2.05) is 0 Å². The molecule has 0 saturated carbocycles. The number of carbonyl (C=O) groups excluding carboxylic acids is 1. The van der Waals surface area contributed by atoms with Gasteiger partial charge in [0, 0.05) is 25.2 Å². The van der Waals surface area contributed by atoms with Gasteiger partial charge in [-0.1, -0.05) is 0 Å². The van der Waals surface area contributed by atoms with Gasteiger partial charge in [-0.05, 0) is 42.5 Å². The van der Waals surface area contributed by atoms with E-state index in [-0.39, 0.29) is 5.91 Å². The van der Waals surface area contributed by atoms with E-state index in [4.69, 9.17) is 4.74 Å². The topological polar surface area (TPSA) is 32.8 Å². The highest BCUT2D eigenvalue weighted by molar-refractivity contribution is 5.91. The summed E-state index contributed by atoms with van der Waals surface area (Å²) < 4.78 is 31.4. The molecule has 2 aliphatic heterocycles. The van der Waals surface area contributed by atoms with Gasteiger partial charge in [0.2, 0.25) is 5.91 Å². The molecule has 0 aromatic heterocycles. The average Bonchev–Trinajstić information content (AvgIpc) is 3.28. The number of epoxide rings is 1. The normalized spacial score (nSPS) is 22.8. The van der Waals surface area contributed by atoms with Gasteiger partial charge in [0.15, 0.2) is 0 Å². The monoisotopic (exact) mass is 293 g/mol. The van der Waals surface area contributed by atoms with Gasteiger partial charge in [-0.2, -0.15) is 0 Å². The Bertz CT molecular complexity index is 541. The Balaban J connectivity index is 1.57. The number of hydrogen-bond acceptors (Lipinski definition) is 2. The summed E-state index contributed by atoms with van der Waals surface area (Å²) in [7, 11) is 0. The van der Waals surface area contributed by atoms with Crippen LogP contribution in [0.3, 0.4) is 0 Å². The van der Waals surface area contributed by atoms with Gasteiger partial charge in [0.05, 0.1) is 12.7 Å². The van der Waals surface area contributed by atoms with Crippen LogP contribution in [0, 0.1) is 17.6 Å². The molecule has 1 unspecified atom stereocenters. The Kier molecular flexibility index (Phi) is 4.01. The standard InChI is InChI=1S/C16H17F2NO2/c17-13-7-11(8-14(18)9-13)1-2-16(20)19-5-3-12(4-6-19)15-10-21-15/h1-2,7-9,12,15H,3-6,10H2/b2-1+. The van der Waals surface area contributed by atoms with Crippen LogP contribution in [0.25, 0.3) is 6.08 Å². The van der Waals surface area contributed by atoms with E-state index in [0.717, 1.165) is 25.5 Å². The maximum absolute atomic E-state index is 13.1. The number of nitrogens with zero attached hydrogens (tertiary/aromatic N) is 1. The molecular weight excluding hydrogens is 276 g/mol. The number of amides is 1. The molecule has 0 spiro atoms. The fourth-order valence-electron chi connectivity index (χ4n) is 2.76. The lowest BCUT2D eigenvalue weighted by atomic mass is 9.94. The third-order valence-electron chi connectivity index (χ3n) is 4.04. The molecule has 0 bridgehead atoms. The molecule has 21 heavy (non-hydrogen) atoms. The number of hydrogen-bond donors (Lipinski definition) is 0. The first kappa shape index (κ1) is 14.2. The number of likely N-dealkylation sites (tertiary alicyclic amines) is 1. The summed E-state index contributed by atoms with van der Waals surface area (Å²) in [6.07, 6.45) is 5.14. The molecule has 5 heteroatoms. The lowest BCUT2D eigenvalue weighted by Gasteiger charge is -2.30. The lowest BCUT2D eigenvalue weighted by Crippen LogP contribution is -2.38. The van der Waals surface area contributed by atoms with E-state index in [0.29, 0.717) is 30.7 Å². The average molecular weight is 293 g/mol. The highest BCUT2D eigenvalue weighted by atomic mass is 19.1. The van der Waals surface area contributed by atoms with Crippen molar-refractivity contribution in [2.24, 2.45) is 5.92 Å². The number of carbonyl (C=O) groups is 1. The molecule has 0 aliphatic carbocycles. The van der Waals surface area contributed by atoms with E-state index in [2.05, 4.69) is 0 Å². The fourth-order valence-corrected chi connectivity index (χ4v) is 2.76. The number of rotatable bonds is 3. The van der Waals surface area contributed by atoms with Crippen LogP contribution >= 0.6 is 0 Å². The second-order valence-electron chi connectivity index (χ2n) is 5.57. The molecule has 3 rings (SSSR count). The van der Waals surface area contributed by atoms with Gasteiger partial charge in [-0.25, -0.2) is 8.78 Å². The zero-order valence-corrected chi connectivity index (χ0v) is 11.6. The Hall–Kier alpha value is -1.75. The number of benzene rings is 1. The molecule has 2 fully saturated rings. The minimum Gasteiger partial charge on any atom is -0.373 e. The van der Waals surface area contributed by atoms with E-state index in [1.54, 1.807) is 4.90 Å². The van der Waals surface area contributed by atoms with Crippen molar-refractivity contribution in [3.8, 4) is 0 Å². The zero-order valence-electron chi connectivity index (χ0n) is 11.6. The molecule has 0 N–H and O–H groups in total. The van der Waals surface area contributed by atoms with Gasteiger partial charge in [-0.15, -0.1) is 0 Å². The quantitative estimate of drug-likeness (QED) is 0.634. The van der Waals surface area contributed by atoms with Gasteiger partial charge in [-0.3, -0.25) is 4.79 Å². The Morgan fingerprint density at radius 2 is 1.81 bits per heavy atom. The first-order valence-corrected chi connectivity index (χ1v) is 7.16. The molecule has 112 valence electrons. The molecule has 2 heterocycles. The first-order valence-electron chi connectivity index (χ1n) is 7.16. The van der Waals surface area contributed by atoms with Crippen LogP contribution in [0.5, 0.6) is 0 Å². The maximum atomic E-state index is 13.1. The number of ether oxygens (including phenoxy) is 1. The summed E-state index contributed by atoms with van der Waals surface area (Å²) in [6, 6.07) is 3.21. The van der Waals surface area contributed by atoms with E-state index in [9.17, 15) is 13.6 Å². The molecular formula is C16H17F2NO2. The maximum Gasteiger partial charge on any atom is 0.246 e. The molecule has 3 nitrogen and oxygen atoms in total. The van der Waals surface area contributed by atoms with Crippen molar-refractivity contribution < 1.29 is 18.3 Å². The SMILES string of the molecule is O=C(/C=C/c1cc(F)cc(F)c1)N1CCC(C2CO2)CC1. The summed E-state index contributed by atoms with van der Waals surface area (Å²) in [6.45, 7) is 2.28. The van der Waals surface area contributed by atoms with Gasteiger partial charge in [0.1, 0.15) is 11.6 Å². The second-order valence-corrected chi connectivity index (χ2v) is 5.57. The van der Waals surface area contributed by atoms with Crippen LogP contribution in [-0.2, 0) is 9.53 Å². The summed E-state index contributed by atoms with van der Waals surface area (Å²) in [4.78, 5) is 13.8. The van der Waals surface area contributed by atoms with Crippen molar-refractivity contribution in [1.82, 2.24) is 4.90 Å². The Morgan fingerprint density at radius 1 is 1.19 bits per heavy atom. The molecule has 2 aliphatic rings. The van der Waals surface area contributed by atoms with Crippen molar-refractivity contribution in [3.05, 3.63) is 41.5 Å². The van der Waals surface area contributed by atoms with Gasteiger partial charge in [0.25, 0.3) is 0 Å². The minimum atomic E-state index is -0.646. The van der Waals surface area contributed by atoms with Crippen LogP contribution in [-0.4, -0.2) is 36.6 Å². The van der Waals surface area contributed by atoms with Crippen LogP contribution in [0.1, 0.15) is 18.4 Å². The van der Waals surface area contributed by atoms with E-state index >= 15 is 0 Å². The lowest BCUT2D eigenvalue weighted by molar-refractivity contribution is -0.127. The van der Waals surface area contributed by atoms with Crippen molar-refractivity contribution in [2.45, 2.75) is 18.9 Å². The van der Waals surface area contributed by atoms with Crippen molar-refractivity contribution in [2.75, 3.05) is 19.7 Å². The van der Waals surface area contributed by atoms with Crippen LogP contribution in [0.4, 0.5) is 8.78 Å². The third kappa shape index (κ3) is 3.67. The summed E-state index contributed by atoms with van der Waals surface area (Å²) in [5.74, 6) is -0.843. The molecule has 2 saturated heterocycles. The van der Waals surface area contributed by atoms with Crippen LogP contribution in [0.15, 0.2) is 24.3 Å². The summed E-state index contributed by atoms with van der Waals surface area (Å²) in [5.41, 5.74) is 0.349. The van der Waals surface area contributed by atoms with E-state index in [1.165, 1.54) is 24.3 Å². The predicted molar refractivity (Wildman–Crippen MR) is 74.4 cm³/mol. The van der Waals surface area contributed by atoms with E-state index < -0.39 is 11.6 Å². The predicted octanol–water partition coefficient (Wildman–Crippen LogP) is 2.62. The Morgan fingerprint density at radius 3 is 2.38 bits per heavy atom. The fraction of sp³-hybridized carbons (Fsp3) is 0.438. The van der Waals surface area contributed by atoms with Crippen LogP contribution in [0.2, 0.25) is 0 Å². The first-order chi connectivity index (χ1) is 10.1. The minimum absolute atomic E-state index is 0.116. The van der Waals surface area contributed by atoms with Gasteiger partial charge >= 0.3 is 0 Å². The molecule has 1 amide bonds. The molecule has 1 atom stereocenters. The highest BCUT2D eigenvalue weighted by Gasteiger charge is 2.35. The van der Waals surface area contributed by atoms with Crippen LogP contribution < -0.4 is 0 Å². The number of piperidine rings is 1. The Labute approximate surface area is 122 Å². The summed E-state index contributed by atoms with van der Waals surface area (Å²) >= 11 is 0. The number of halogens is 2. The molecule has 0 radical (unpaired) electrons. The third-order valence-corrected chi connectivity index (χ3v) is 4.04. The molecule has 1 aromatic carbocycles. The van der Waals surface area contributed by atoms with Crippen molar-refractivity contribution in [1.29, 1.82) is 0 Å². The summed E-state index contributed by atoms with van der Waals surface area (Å²) in [5, 5.41) is 0. The molecule has 1 aromatic rings. The largest absolute Gasteiger partial charge is 0.373 e. The van der Waals surface area contributed by atoms with Gasteiger partial charge < -0.3 is 9.64 Å². The van der Waals surface area contributed by atoms with Crippen molar-refractivity contribution >= 4 is 12.0 Å². The second kappa shape index (κ2) is 5.93.